The fourth-order valence-corrected chi connectivity index (χ4v) is 2.31. The van der Waals surface area contributed by atoms with Gasteiger partial charge in [-0.1, -0.05) is 0 Å². The highest BCUT2D eigenvalue weighted by atomic mass is 16.5. The van der Waals surface area contributed by atoms with Gasteiger partial charge in [-0.3, -0.25) is 4.79 Å². The summed E-state index contributed by atoms with van der Waals surface area (Å²) in [4.78, 5) is 14.0. The zero-order valence-corrected chi connectivity index (χ0v) is 10.9. The molecular formula is C14H15N3O3. The molecule has 1 unspecified atom stereocenters. The zero-order valence-electron chi connectivity index (χ0n) is 10.9. The van der Waals surface area contributed by atoms with E-state index in [-0.39, 0.29) is 12.0 Å². The Morgan fingerprint density at radius 1 is 1.45 bits per heavy atom. The van der Waals surface area contributed by atoms with E-state index in [9.17, 15) is 4.79 Å². The first-order valence-electron chi connectivity index (χ1n) is 6.59. The first kappa shape index (κ1) is 12.7. The number of furan rings is 1. The fourth-order valence-electron chi connectivity index (χ4n) is 2.31. The van der Waals surface area contributed by atoms with Gasteiger partial charge in [-0.25, -0.2) is 0 Å². The van der Waals surface area contributed by atoms with Crippen LogP contribution in [0.15, 0.2) is 41.3 Å². The monoisotopic (exact) mass is 273 g/mol. The van der Waals surface area contributed by atoms with E-state index in [2.05, 4.69) is 10.2 Å². The smallest absolute Gasteiger partial charge is 0.257 e. The van der Waals surface area contributed by atoms with Crippen LogP contribution in [0.25, 0.3) is 0 Å². The lowest BCUT2D eigenvalue weighted by Crippen LogP contribution is -2.44. The molecule has 1 fully saturated rings. The Labute approximate surface area is 116 Å². The van der Waals surface area contributed by atoms with Crippen molar-refractivity contribution in [3.05, 3.63) is 42.5 Å². The Hall–Kier alpha value is -2.37. The summed E-state index contributed by atoms with van der Waals surface area (Å²) in [6, 6.07) is 5.22. The summed E-state index contributed by atoms with van der Waals surface area (Å²) < 4.78 is 10.7. The van der Waals surface area contributed by atoms with Gasteiger partial charge in [0.2, 0.25) is 5.88 Å². The number of aromatic nitrogens is 2. The standard InChI is InChI=1S/C14H15N3O3/c18-14(11-5-8-19-10-11)17-7-2-3-12(9-17)20-13-4-1-6-15-16-13/h1,4-6,8,10,12H,2-3,7,9H2. The molecule has 0 aromatic carbocycles. The number of hydrogen-bond donors (Lipinski definition) is 0. The largest absolute Gasteiger partial charge is 0.472 e. The molecule has 1 aliphatic rings. The third-order valence-electron chi connectivity index (χ3n) is 3.27. The number of amides is 1. The second-order valence-corrected chi connectivity index (χ2v) is 4.71. The van der Waals surface area contributed by atoms with E-state index >= 15 is 0 Å². The number of nitrogens with zero attached hydrogens (tertiary/aromatic N) is 3. The highest BCUT2D eigenvalue weighted by Crippen LogP contribution is 2.18. The lowest BCUT2D eigenvalue weighted by Gasteiger charge is -2.32. The molecule has 2 aromatic heterocycles. The van der Waals surface area contributed by atoms with Crippen molar-refractivity contribution in [2.45, 2.75) is 18.9 Å². The van der Waals surface area contributed by atoms with Crippen LogP contribution in [0.2, 0.25) is 0 Å². The SMILES string of the molecule is O=C(c1ccoc1)N1CCCC(Oc2cccnn2)C1. The maximum Gasteiger partial charge on any atom is 0.257 e. The van der Waals surface area contributed by atoms with Gasteiger partial charge in [0.15, 0.2) is 0 Å². The van der Waals surface area contributed by atoms with Crippen LogP contribution in [0.5, 0.6) is 5.88 Å². The molecule has 1 atom stereocenters. The number of ether oxygens (including phenoxy) is 1. The molecule has 2 aromatic rings. The van der Waals surface area contributed by atoms with E-state index in [1.54, 1.807) is 29.3 Å². The van der Waals surface area contributed by atoms with Crippen LogP contribution < -0.4 is 4.74 Å². The third-order valence-corrected chi connectivity index (χ3v) is 3.27. The Balaban J connectivity index is 1.63. The van der Waals surface area contributed by atoms with Gasteiger partial charge in [0.1, 0.15) is 12.4 Å². The number of rotatable bonds is 3. The maximum absolute atomic E-state index is 12.2. The van der Waals surface area contributed by atoms with Crippen molar-refractivity contribution in [1.82, 2.24) is 15.1 Å². The van der Waals surface area contributed by atoms with E-state index in [4.69, 9.17) is 9.15 Å². The van der Waals surface area contributed by atoms with Crippen molar-refractivity contribution in [3.8, 4) is 5.88 Å². The number of carbonyl (C=O) groups excluding carboxylic acids is 1. The molecule has 20 heavy (non-hydrogen) atoms. The average Bonchev–Trinajstić information content (AvgIpc) is 3.02. The minimum Gasteiger partial charge on any atom is -0.472 e. The van der Waals surface area contributed by atoms with Crippen LogP contribution >= 0.6 is 0 Å². The Kier molecular flexibility index (Phi) is 3.62. The summed E-state index contributed by atoms with van der Waals surface area (Å²) in [5.41, 5.74) is 0.574. The van der Waals surface area contributed by atoms with Crippen molar-refractivity contribution < 1.29 is 13.9 Å². The van der Waals surface area contributed by atoms with Crippen molar-refractivity contribution in [2.75, 3.05) is 13.1 Å². The molecule has 6 nitrogen and oxygen atoms in total. The van der Waals surface area contributed by atoms with Crippen LogP contribution in [0.4, 0.5) is 0 Å². The molecule has 3 rings (SSSR count). The van der Waals surface area contributed by atoms with Gasteiger partial charge in [-0.2, -0.15) is 5.10 Å². The van der Waals surface area contributed by atoms with Gasteiger partial charge in [0.25, 0.3) is 5.91 Å². The second kappa shape index (κ2) is 5.73. The van der Waals surface area contributed by atoms with Crippen molar-refractivity contribution in [1.29, 1.82) is 0 Å². The van der Waals surface area contributed by atoms with E-state index in [0.29, 0.717) is 18.0 Å². The number of carbonyl (C=O) groups is 1. The molecule has 104 valence electrons. The van der Waals surface area contributed by atoms with Crippen molar-refractivity contribution in [3.63, 3.8) is 0 Å². The predicted octanol–water partition coefficient (Wildman–Crippen LogP) is 1.75. The van der Waals surface area contributed by atoms with E-state index in [1.807, 2.05) is 0 Å². The van der Waals surface area contributed by atoms with Crippen LogP contribution in [-0.2, 0) is 0 Å². The third kappa shape index (κ3) is 2.79. The molecular weight excluding hydrogens is 258 g/mol. The minimum absolute atomic E-state index is 0.0220. The Morgan fingerprint density at radius 2 is 2.40 bits per heavy atom. The molecule has 0 bridgehead atoms. The molecule has 0 radical (unpaired) electrons. The van der Waals surface area contributed by atoms with Crippen LogP contribution in [0, 0.1) is 0 Å². The average molecular weight is 273 g/mol. The second-order valence-electron chi connectivity index (χ2n) is 4.71. The topological polar surface area (TPSA) is 68.5 Å². The van der Waals surface area contributed by atoms with Gasteiger partial charge in [-0.05, 0) is 25.0 Å². The van der Waals surface area contributed by atoms with Gasteiger partial charge < -0.3 is 14.1 Å². The first-order chi connectivity index (χ1) is 9.83. The molecule has 1 amide bonds. The van der Waals surface area contributed by atoms with Crippen molar-refractivity contribution >= 4 is 5.91 Å². The summed E-state index contributed by atoms with van der Waals surface area (Å²) in [6.45, 7) is 1.30. The predicted molar refractivity (Wildman–Crippen MR) is 70.3 cm³/mol. The van der Waals surface area contributed by atoms with E-state index in [0.717, 1.165) is 19.4 Å². The summed E-state index contributed by atoms with van der Waals surface area (Å²) in [5, 5.41) is 7.68. The van der Waals surface area contributed by atoms with Crippen LogP contribution in [-0.4, -0.2) is 40.2 Å². The summed E-state index contributed by atoms with van der Waals surface area (Å²) in [5.74, 6) is 0.473. The maximum atomic E-state index is 12.2. The molecule has 1 aliphatic heterocycles. The number of hydrogen-bond acceptors (Lipinski definition) is 5. The zero-order chi connectivity index (χ0) is 13.8. The molecule has 1 saturated heterocycles. The summed E-state index contributed by atoms with van der Waals surface area (Å²) in [6.07, 6.45) is 6.35. The van der Waals surface area contributed by atoms with Crippen LogP contribution in [0.3, 0.4) is 0 Å². The fraction of sp³-hybridized carbons (Fsp3) is 0.357. The highest BCUT2D eigenvalue weighted by Gasteiger charge is 2.26. The first-order valence-corrected chi connectivity index (χ1v) is 6.59. The number of likely N-dealkylation sites (tertiary alicyclic amines) is 1. The molecule has 0 spiro atoms. The normalized spacial score (nSPS) is 18.8. The molecule has 0 aliphatic carbocycles. The quantitative estimate of drug-likeness (QED) is 0.852. The van der Waals surface area contributed by atoms with E-state index in [1.165, 1.54) is 12.5 Å². The molecule has 0 N–H and O–H groups in total. The number of piperidine rings is 1. The van der Waals surface area contributed by atoms with Gasteiger partial charge in [-0.15, -0.1) is 5.10 Å². The highest BCUT2D eigenvalue weighted by molar-refractivity contribution is 5.93. The molecule has 6 heteroatoms. The van der Waals surface area contributed by atoms with Crippen molar-refractivity contribution in [2.24, 2.45) is 0 Å². The Morgan fingerprint density at radius 3 is 3.15 bits per heavy atom. The molecule has 3 heterocycles. The lowest BCUT2D eigenvalue weighted by atomic mass is 10.1. The van der Waals surface area contributed by atoms with Crippen LogP contribution in [0.1, 0.15) is 23.2 Å². The van der Waals surface area contributed by atoms with Gasteiger partial charge in [0.05, 0.1) is 18.4 Å². The summed E-state index contributed by atoms with van der Waals surface area (Å²) in [7, 11) is 0. The summed E-state index contributed by atoms with van der Waals surface area (Å²) >= 11 is 0. The Bertz CT molecular complexity index is 556. The molecule has 0 saturated carbocycles. The lowest BCUT2D eigenvalue weighted by molar-refractivity contribution is 0.0525. The van der Waals surface area contributed by atoms with Gasteiger partial charge in [0, 0.05) is 18.8 Å². The van der Waals surface area contributed by atoms with E-state index < -0.39 is 0 Å². The van der Waals surface area contributed by atoms with Gasteiger partial charge >= 0.3 is 0 Å². The minimum atomic E-state index is -0.0451.